The molecule has 0 atom stereocenters. The first-order valence-electron chi connectivity index (χ1n) is 7.99. The third kappa shape index (κ3) is 3.30. The Labute approximate surface area is 141 Å². The summed E-state index contributed by atoms with van der Waals surface area (Å²) in [5, 5.41) is 12.0. The van der Waals surface area contributed by atoms with Gasteiger partial charge in [0, 0.05) is 19.3 Å². The summed E-state index contributed by atoms with van der Waals surface area (Å²) in [6.45, 7) is 0. The van der Waals surface area contributed by atoms with Crippen LogP contribution >= 0.6 is 0 Å². The normalized spacial score (nSPS) is 20.4. The summed E-state index contributed by atoms with van der Waals surface area (Å²) >= 11 is 0. The van der Waals surface area contributed by atoms with Crippen LogP contribution in [0.1, 0.15) is 36.0 Å². The van der Waals surface area contributed by atoms with Crippen molar-refractivity contribution in [2.75, 3.05) is 0 Å². The molecule has 9 nitrogen and oxygen atoms in total. The highest BCUT2D eigenvalue weighted by Gasteiger charge is 2.27. The minimum absolute atomic E-state index is 0.0998. The van der Waals surface area contributed by atoms with Crippen LogP contribution in [-0.2, 0) is 11.8 Å². The molecule has 1 fully saturated rings. The van der Waals surface area contributed by atoms with Gasteiger partial charge in [-0.2, -0.15) is 0 Å². The van der Waals surface area contributed by atoms with Crippen molar-refractivity contribution in [3.63, 3.8) is 0 Å². The maximum Gasteiger partial charge on any atom is 0.329 e. The molecule has 25 heavy (non-hydrogen) atoms. The van der Waals surface area contributed by atoms with Crippen LogP contribution in [-0.4, -0.2) is 37.6 Å². The van der Waals surface area contributed by atoms with Gasteiger partial charge in [-0.3, -0.25) is 23.9 Å². The number of carbonyl (C=O) groups excluding carboxylic acids is 1. The SMILES string of the molecule is Cn1c(=O)[nH]c(=O)c2cc(C(=O)NC3CCC(C(=O)O)CC3)cnc21. The lowest BCUT2D eigenvalue weighted by molar-refractivity contribution is -0.142. The molecule has 2 aromatic heterocycles. The Morgan fingerprint density at radius 3 is 2.60 bits per heavy atom. The highest BCUT2D eigenvalue weighted by molar-refractivity contribution is 5.96. The smallest absolute Gasteiger partial charge is 0.329 e. The number of amides is 1. The van der Waals surface area contributed by atoms with E-state index in [0.717, 1.165) is 0 Å². The van der Waals surface area contributed by atoms with Gasteiger partial charge in [0.2, 0.25) is 0 Å². The number of carbonyl (C=O) groups is 2. The molecule has 1 aliphatic rings. The second-order valence-electron chi connectivity index (χ2n) is 6.27. The number of aliphatic carboxylic acids is 1. The van der Waals surface area contributed by atoms with Crippen molar-refractivity contribution in [2.24, 2.45) is 13.0 Å². The van der Waals surface area contributed by atoms with Gasteiger partial charge in [0.1, 0.15) is 5.65 Å². The molecule has 132 valence electrons. The van der Waals surface area contributed by atoms with E-state index in [1.54, 1.807) is 0 Å². The first-order chi connectivity index (χ1) is 11.9. The zero-order valence-electron chi connectivity index (χ0n) is 13.6. The molecule has 0 aliphatic heterocycles. The molecular formula is C16H18N4O5. The lowest BCUT2D eigenvalue weighted by atomic mass is 9.86. The maximum absolute atomic E-state index is 12.4. The summed E-state index contributed by atoms with van der Waals surface area (Å²) in [6, 6.07) is 1.30. The van der Waals surface area contributed by atoms with E-state index in [1.165, 1.54) is 23.9 Å². The molecule has 3 rings (SSSR count). The van der Waals surface area contributed by atoms with E-state index in [9.17, 15) is 19.2 Å². The Kier molecular flexibility index (Phi) is 4.39. The van der Waals surface area contributed by atoms with Crippen molar-refractivity contribution >= 4 is 22.9 Å². The van der Waals surface area contributed by atoms with Gasteiger partial charge in [-0.1, -0.05) is 0 Å². The maximum atomic E-state index is 12.4. The quantitative estimate of drug-likeness (QED) is 0.716. The van der Waals surface area contributed by atoms with E-state index in [2.05, 4.69) is 15.3 Å². The summed E-state index contributed by atoms with van der Waals surface area (Å²) in [5.41, 5.74) is -0.746. The van der Waals surface area contributed by atoms with Gasteiger partial charge >= 0.3 is 11.7 Å². The fraction of sp³-hybridized carbons (Fsp3) is 0.438. The Hall–Kier alpha value is -2.97. The number of aromatic nitrogens is 3. The molecule has 1 saturated carbocycles. The lowest BCUT2D eigenvalue weighted by Gasteiger charge is -2.26. The van der Waals surface area contributed by atoms with Gasteiger partial charge in [0.15, 0.2) is 0 Å². The second kappa shape index (κ2) is 6.50. The number of nitrogens with zero attached hydrogens (tertiary/aromatic N) is 2. The van der Waals surface area contributed by atoms with Crippen LogP contribution < -0.4 is 16.6 Å². The molecule has 3 N–H and O–H groups in total. The molecular weight excluding hydrogens is 328 g/mol. The van der Waals surface area contributed by atoms with Crippen molar-refractivity contribution in [3.8, 4) is 0 Å². The zero-order chi connectivity index (χ0) is 18.1. The van der Waals surface area contributed by atoms with E-state index in [4.69, 9.17) is 5.11 Å². The van der Waals surface area contributed by atoms with Gasteiger partial charge in [0.25, 0.3) is 11.5 Å². The number of H-pyrrole nitrogens is 1. The Morgan fingerprint density at radius 1 is 1.28 bits per heavy atom. The second-order valence-corrected chi connectivity index (χ2v) is 6.27. The van der Waals surface area contributed by atoms with Crippen molar-refractivity contribution in [3.05, 3.63) is 38.7 Å². The minimum Gasteiger partial charge on any atom is -0.481 e. The van der Waals surface area contributed by atoms with E-state index in [1.807, 2.05) is 0 Å². The number of rotatable bonds is 3. The number of carboxylic acid groups (broad SMARTS) is 1. The van der Waals surface area contributed by atoms with Gasteiger partial charge in [-0.15, -0.1) is 0 Å². The van der Waals surface area contributed by atoms with E-state index >= 15 is 0 Å². The Balaban J connectivity index is 1.78. The van der Waals surface area contributed by atoms with Crippen LogP contribution in [0.4, 0.5) is 0 Å². The van der Waals surface area contributed by atoms with Crippen molar-refractivity contribution in [1.29, 1.82) is 0 Å². The molecule has 0 radical (unpaired) electrons. The van der Waals surface area contributed by atoms with E-state index in [-0.39, 0.29) is 34.5 Å². The summed E-state index contributed by atoms with van der Waals surface area (Å²) < 4.78 is 1.20. The van der Waals surface area contributed by atoms with E-state index in [0.29, 0.717) is 25.7 Å². The zero-order valence-corrected chi connectivity index (χ0v) is 13.6. The highest BCUT2D eigenvalue weighted by atomic mass is 16.4. The first kappa shape index (κ1) is 16.9. The summed E-state index contributed by atoms with van der Waals surface area (Å²) in [6.07, 6.45) is 3.56. The Bertz CT molecular complexity index is 953. The molecule has 0 bridgehead atoms. The number of hydrogen-bond donors (Lipinski definition) is 3. The highest BCUT2D eigenvalue weighted by Crippen LogP contribution is 2.24. The van der Waals surface area contributed by atoms with Crippen molar-refractivity contribution < 1.29 is 14.7 Å². The van der Waals surface area contributed by atoms with Crippen LogP contribution in [0.25, 0.3) is 11.0 Å². The number of carboxylic acids is 1. The summed E-state index contributed by atoms with van der Waals surface area (Å²) in [7, 11) is 1.48. The van der Waals surface area contributed by atoms with Crippen LogP contribution in [0, 0.1) is 5.92 Å². The largest absolute Gasteiger partial charge is 0.481 e. The first-order valence-corrected chi connectivity index (χ1v) is 7.99. The minimum atomic E-state index is -0.798. The molecule has 0 aromatic carbocycles. The lowest BCUT2D eigenvalue weighted by Crippen LogP contribution is -2.39. The van der Waals surface area contributed by atoms with Crippen LogP contribution in [0.3, 0.4) is 0 Å². The third-order valence-electron chi connectivity index (χ3n) is 4.63. The van der Waals surface area contributed by atoms with Gasteiger partial charge < -0.3 is 10.4 Å². The van der Waals surface area contributed by atoms with E-state index < -0.39 is 17.2 Å². The number of fused-ring (bicyclic) bond motifs is 1. The predicted molar refractivity (Wildman–Crippen MR) is 88.5 cm³/mol. The molecule has 0 unspecified atom stereocenters. The number of pyridine rings is 1. The summed E-state index contributed by atoms with van der Waals surface area (Å²) in [4.78, 5) is 53.0. The van der Waals surface area contributed by atoms with Crippen molar-refractivity contribution in [2.45, 2.75) is 31.7 Å². The molecule has 0 spiro atoms. The monoisotopic (exact) mass is 346 g/mol. The molecule has 1 aliphatic carbocycles. The molecule has 9 heteroatoms. The molecule has 1 amide bonds. The van der Waals surface area contributed by atoms with Crippen LogP contribution in [0.2, 0.25) is 0 Å². The predicted octanol–water partition coefficient (Wildman–Crippen LogP) is -0.00500. The van der Waals surface area contributed by atoms with Gasteiger partial charge in [0.05, 0.1) is 16.9 Å². The Morgan fingerprint density at radius 2 is 1.96 bits per heavy atom. The number of nitrogens with one attached hydrogen (secondary N) is 2. The topological polar surface area (TPSA) is 134 Å². The number of hydrogen-bond acceptors (Lipinski definition) is 5. The molecule has 0 saturated heterocycles. The summed E-state index contributed by atoms with van der Waals surface area (Å²) in [5.74, 6) is -1.52. The van der Waals surface area contributed by atoms with Crippen LogP contribution in [0.15, 0.2) is 21.9 Å². The van der Waals surface area contributed by atoms with Crippen LogP contribution in [0.5, 0.6) is 0 Å². The standard InChI is InChI=1S/C16H18N4O5/c1-20-12-11(14(22)19-16(20)25)6-9(7-17-12)13(21)18-10-4-2-8(3-5-10)15(23)24/h6-8,10H,2-5H2,1H3,(H,18,21)(H,23,24)(H,19,22,25). The van der Waals surface area contributed by atoms with Gasteiger partial charge in [-0.25, -0.2) is 9.78 Å². The fourth-order valence-electron chi connectivity index (χ4n) is 3.11. The third-order valence-corrected chi connectivity index (χ3v) is 4.63. The number of aromatic amines is 1. The molecule has 2 aromatic rings. The average Bonchev–Trinajstić information content (AvgIpc) is 2.59. The van der Waals surface area contributed by atoms with Gasteiger partial charge in [-0.05, 0) is 31.7 Å². The number of aryl methyl sites for hydroxylation is 1. The average molecular weight is 346 g/mol. The fourth-order valence-corrected chi connectivity index (χ4v) is 3.11. The van der Waals surface area contributed by atoms with Crippen molar-refractivity contribution in [1.82, 2.24) is 19.9 Å². The molecule has 2 heterocycles.